The SMILES string of the molecule is CC1(S)N=NNN1C1C=CC=CC1. The predicted molar refractivity (Wildman–Crippen MR) is 53.9 cm³/mol. The van der Waals surface area contributed by atoms with Crippen LogP contribution in [0.1, 0.15) is 13.3 Å². The Morgan fingerprint density at radius 2 is 2.46 bits per heavy atom. The highest BCUT2D eigenvalue weighted by molar-refractivity contribution is 7.81. The molecular formula is C8H12N4S. The maximum absolute atomic E-state index is 4.40. The lowest BCUT2D eigenvalue weighted by atomic mass is 10.1. The number of thiol groups is 1. The van der Waals surface area contributed by atoms with Gasteiger partial charge in [0.1, 0.15) is 0 Å². The molecule has 13 heavy (non-hydrogen) atoms. The Morgan fingerprint density at radius 3 is 3.00 bits per heavy atom. The third kappa shape index (κ3) is 1.62. The van der Waals surface area contributed by atoms with Crippen LogP contribution in [0, 0.1) is 0 Å². The van der Waals surface area contributed by atoms with Gasteiger partial charge in [-0.1, -0.05) is 29.5 Å². The summed E-state index contributed by atoms with van der Waals surface area (Å²) >= 11 is 4.40. The van der Waals surface area contributed by atoms with Crippen LogP contribution in [0.5, 0.6) is 0 Å². The van der Waals surface area contributed by atoms with Crippen LogP contribution in [0.2, 0.25) is 0 Å². The zero-order chi connectivity index (χ0) is 9.31. The van der Waals surface area contributed by atoms with Crippen molar-refractivity contribution in [2.75, 3.05) is 0 Å². The molecule has 0 saturated heterocycles. The Labute approximate surface area is 82.8 Å². The maximum atomic E-state index is 4.40. The van der Waals surface area contributed by atoms with E-state index < -0.39 is 4.99 Å². The second-order valence-electron chi connectivity index (χ2n) is 3.26. The van der Waals surface area contributed by atoms with Gasteiger partial charge in [0.25, 0.3) is 0 Å². The second kappa shape index (κ2) is 3.16. The summed E-state index contributed by atoms with van der Waals surface area (Å²) in [5, 5.41) is 9.66. The van der Waals surface area contributed by atoms with E-state index in [1.165, 1.54) is 0 Å². The van der Waals surface area contributed by atoms with Crippen LogP contribution in [0.15, 0.2) is 34.6 Å². The molecule has 0 aromatic heterocycles. The van der Waals surface area contributed by atoms with Gasteiger partial charge in [0.2, 0.25) is 0 Å². The fourth-order valence-corrected chi connectivity index (χ4v) is 1.69. The molecule has 2 rings (SSSR count). The number of allylic oxidation sites excluding steroid dienone is 2. The van der Waals surface area contributed by atoms with Crippen LogP contribution in [0.3, 0.4) is 0 Å². The molecule has 1 heterocycles. The lowest BCUT2D eigenvalue weighted by molar-refractivity contribution is 0.125. The van der Waals surface area contributed by atoms with E-state index in [0.29, 0.717) is 0 Å². The van der Waals surface area contributed by atoms with Crippen LogP contribution >= 0.6 is 12.6 Å². The van der Waals surface area contributed by atoms with Gasteiger partial charge < -0.3 is 0 Å². The average Bonchev–Trinajstić information content (AvgIpc) is 2.47. The largest absolute Gasteiger partial charge is 0.218 e. The van der Waals surface area contributed by atoms with E-state index in [2.05, 4.69) is 40.7 Å². The zero-order valence-electron chi connectivity index (χ0n) is 7.38. The molecule has 2 aliphatic rings. The van der Waals surface area contributed by atoms with E-state index in [1.54, 1.807) is 0 Å². The first kappa shape index (κ1) is 8.77. The predicted octanol–water partition coefficient (Wildman–Crippen LogP) is 1.66. The van der Waals surface area contributed by atoms with Crippen LogP contribution in [0.25, 0.3) is 0 Å². The minimum Gasteiger partial charge on any atom is -0.218 e. The number of nitrogens with one attached hydrogen (secondary N) is 1. The van der Waals surface area contributed by atoms with Gasteiger partial charge in [-0.3, -0.25) is 0 Å². The number of hydrogen-bond acceptors (Lipinski definition) is 5. The molecule has 1 N–H and O–H groups in total. The van der Waals surface area contributed by atoms with Crippen LogP contribution in [-0.4, -0.2) is 16.0 Å². The summed E-state index contributed by atoms with van der Waals surface area (Å²) in [6.45, 7) is 1.91. The van der Waals surface area contributed by atoms with Crippen molar-refractivity contribution in [1.82, 2.24) is 10.5 Å². The number of rotatable bonds is 1. The molecular weight excluding hydrogens is 184 g/mol. The Morgan fingerprint density at radius 1 is 1.62 bits per heavy atom. The molecule has 0 spiro atoms. The van der Waals surface area contributed by atoms with Gasteiger partial charge in [0.05, 0.1) is 6.04 Å². The van der Waals surface area contributed by atoms with Gasteiger partial charge in [-0.05, 0) is 13.3 Å². The molecule has 0 aromatic carbocycles. The Balaban J connectivity index is 2.10. The monoisotopic (exact) mass is 196 g/mol. The molecule has 4 nitrogen and oxygen atoms in total. The van der Waals surface area contributed by atoms with Gasteiger partial charge >= 0.3 is 0 Å². The molecule has 1 aliphatic carbocycles. The highest BCUT2D eigenvalue weighted by atomic mass is 32.1. The average molecular weight is 196 g/mol. The molecule has 5 heteroatoms. The first-order valence-electron chi connectivity index (χ1n) is 4.23. The van der Waals surface area contributed by atoms with Crippen LogP contribution in [-0.2, 0) is 0 Å². The van der Waals surface area contributed by atoms with Gasteiger partial charge in [0, 0.05) is 0 Å². The van der Waals surface area contributed by atoms with Crippen molar-refractivity contribution in [3.63, 3.8) is 0 Å². The van der Waals surface area contributed by atoms with Crippen molar-refractivity contribution in [3.8, 4) is 0 Å². The summed E-state index contributed by atoms with van der Waals surface area (Å²) in [4.78, 5) is -0.541. The molecule has 0 saturated carbocycles. The summed E-state index contributed by atoms with van der Waals surface area (Å²) in [6, 6.07) is 0.280. The topological polar surface area (TPSA) is 40.0 Å². The fourth-order valence-electron chi connectivity index (χ4n) is 1.46. The minimum atomic E-state index is -0.541. The molecule has 2 atom stereocenters. The molecule has 2 unspecified atom stereocenters. The second-order valence-corrected chi connectivity index (χ2v) is 4.10. The van der Waals surface area contributed by atoms with Gasteiger partial charge in [-0.25, -0.2) is 5.53 Å². The van der Waals surface area contributed by atoms with E-state index in [-0.39, 0.29) is 6.04 Å². The first-order valence-corrected chi connectivity index (χ1v) is 4.67. The van der Waals surface area contributed by atoms with E-state index in [9.17, 15) is 0 Å². The van der Waals surface area contributed by atoms with Crippen LogP contribution < -0.4 is 5.53 Å². The summed E-state index contributed by atoms with van der Waals surface area (Å²) in [5.41, 5.74) is 2.85. The summed E-state index contributed by atoms with van der Waals surface area (Å²) < 4.78 is 0. The highest BCUT2D eigenvalue weighted by Gasteiger charge is 2.36. The number of nitrogens with zero attached hydrogens (tertiary/aromatic N) is 3. The quantitative estimate of drug-likeness (QED) is 0.626. The molecule has 0 amide bonds. The normalized spacial score (nSPS) is 38.2. The maximum Gasteiger partial charge on any atom is 0.195 e. The summed E-state index contributed by atoms with van der Waals surface area (Å²) in [7, 11) is 0. The Hall–Kier alpha value is -0.810. The van der Waals surface area contributed by atoms with Crippen molar-refractivity contribution < 1.29 is 0 Å². The standard InChI is InChI=1S/C8H12N4S/c1-8(13)9-10-11-12(8)7-5-3-2-4-6-7/h2-5,7,13H,6H2,1H3,(H,9,11). The fraction of sp³-hybridized carbons (Fsp3) is 0.500. The Kier molecular flexibility index (Phi) is 2.13. The van der Waals surface area contributed by atoms with E-state index in [4.69, 9.17) is 0 Å². The summed E-state index contributed by atoms with van der Waals surface area (Å²) in [5.74, 6) is 0. The number of hydrazine groups is 1. The van der Waals surface area contributed by atoms with Gasteiger partial charge in [-0.2, -0.15) is 5.01 Å². The van der Waals surface area contributed by atoms with Crippen molar-refractivity contribution >= 4 is 12.6 Å². The molecule has 0 bridgehead atoms. The van der Waals surface area contributed by atoms with Crippen molar-refractivity contribution in [1.29, 1.82) is 0 Å². The molecule has 1 aliphatic heterocycles. The third-order valence-electron chi connectivity index (χ3n) is 2.14. The molecule has 0 radical (unpaired) electrons. The molecule has 70 valence electrons. The highest BCUT2D eigenvalue weighted by Crippen LogP contribution is 2.28. The van der Waals surface area contributed by atoms with E-state index >= 15 is 0 Å². The van der Waals surface area contributed by atoms with Crippen molar-refractivity contribution in [3.05, 3.63) is 24.3 Å². The van der Waals surface area contributed by atoms with Crippen molar-refractivity contribution in [2.24, 2.45) is 10.3 Å². The van der Waals surface area contributed by atoms with E-state index in [1.807, 2.05) is 24.1 Å². The molecule has 0 fully saturated rings. The van der Waals surface area contributed by atoms with Crippen LogP contribution in [0.4, 0.5) is 0 Å². The van der Waals surface area contributed by atoms with Gasteiger partial charge in [-0.15, -0.1) is 17.7 Å². The lowest BCUT2D eigenvalue weighted by Crippen LogP contribution is -2.48. The third-order valence-corrected chi connectivity index (χ3v) is 2.44. The zero-order valence-corrected chi connectivity index (χ0v) is 8.28. The molecule has 0 aromatic rings. The van der Waals surface area contributed by atoms with Crippen molar-refractivity contribution in [2.45, 2.75) is 24.4 Å². The smallest absolute Gasteiger partial charge is 0.195 e. The number of hydrogen-bond donors (Lipinski definition) is 2. The lowest BCUT2D eigenvalue weighted by Gasteiger charge is -2.31. The first-order chi connectivity index (χ1) is 6.20. The minimum absolute atomic E-state index is 0.280. The summed E-state index contributed by atoms with van der Waals surface area (Å²) in [6.07, 6.45) is 9.26. The van der Waals surface area contributed by atoms with Gasteiger partial charge in [0.15, 0.2) is 4.99 Å². The van der Waals surface area contributed by atoms with E-state index in [0.717, 1.165) is 6.42 Å². The Bertz CT molecular complexity index is 282.